The number of ketones is 1. The number of benzene rings is 1. The van der Waals surface area contributed by atoms with E-state index in [0.29, 0.717) is 13.0 Å². The Morgan fingerprint density at radius 3 is 2.67 bits per heavy atom. The van der Waals surface area contributed by atoms with E-state index in [1.165, 1.54) is 0 Å². The summed E-state index contributed by atoms with van der Waals surface area (Å²) < 4.78 is 4.78. The number of esters is 1. The van der Waals surface area contributed by atoms with E-state index in [-0.39, 0.29) is 18.2 Å². The number of carbonyl (C=O) groups is 2. The van der Waals surface area contributed by atoms with Crippen LogP contribution >= 0.6 is 0 Å². The third kappa shape index (κ3) is 4.84. The van der Waals surface area contributed by atoms with Crippen LogP contribution in [0.2, 0.25) is 0 Å². The number of carbonyl (C=O) groups excluding carboxylic acids is 2. The van der Waals surface area contributed by atoms with E-state index in [2.05, 4.69) is 11.8 Å². The molecule has 1 rings (SSSR count). The fourth-order valence-corrected chi connectivity index (χ4v) is 1.49. The standard InChI is InChI=1S/C15H16O3/c1-3-18-15(17)10-6-9-13-7-4-5-8-14(13)11-12(2)16/h4-5,7-8H,3,10-11H2,1-2H3. The topological polar surface area (TPSA) is 43.4 Å². The summed E-state index contributed by atoms with van der Waals surface area (Å²) in [5, 5.41) is 0. The van der Waals surface area contributed by atoms with E-state index < -0.39 is 0 Å². The van der Waals surface area contributed by atoms with Gasteiger partial charge in [0.15, 0.2) is 0 Å². The quantitative estimate of drug-likeness (QED) is 0.602. The Kier molecular flexibility index (Phi) is 5.66. The summed E-state index contributed by atoms with van der Waals surface area (Å²) in [7, 11) is 0. The number of hydrogen-bond acceptors (Lipinski definition) is 3. The Hall–Kier alpha value is -2.08. The van der Waals surface area contributed by atoms with Crippen molar-refractivity contribution in [2.24, 2.45) is 0 Å². The zero-order valence-electron chi connectivity index (χ0n) is 10.7. The smallest absolute Gasteiger partial charge is 0.317 e. The zero-order valence-corrected chi connectivity index (χ0v) is 10.7. The Bertz CT molecular complexity index is 492. The van der Waals surface area contributed by atoms with Crippen molar-refractivity contribution >= 4 is 11.8 Å². The molecule has 0 amide bonds. The number of rotatable bonds is 4. The van der Waals surface area contributed by atoms with E-state index in [4.69, 9.17) is 4.74 Å². The van der Waals surface area contributed by atoms with E-state index >= 15 is 0 Å². The lowest BCUT2D eigenvalue weighted by molar-refractivity contribution is -0.141. The number of ether oxygens (including phenoxy) is 1. The monoisotopic (exact) mass is 244 g/mol. The van der Waals surface area contributed by atoms with Crippen LogP contribution in [0.25, 0.3) is 0 Å². The normalized spacial score (nSPS) is 9.22. The molecule has 0 aromatic heterocycles. The molecule has 0 saturated heterocycles. The molecule has 0 heterocycles. The zero-order chi connectivity index (χ0) is 13.4. The Morgan fingerprint density at radius 1 is 1.28 bits per heavy atom. The fourth-order valence-electron chi connectivity index (χ4n) is 1.49. The third-order valence-electron chi connectivity index (χ3n) is 2.22. The molecule has 0 aliphatic rings. The van der Waals surface area contributed by atoms with Gasteiger partial charge in [0.25, 0.3) is 0 Å². The molecule has 1 aromatic carbocycles. The average molecular weight is 244 g/mol. The first-order valence-corrected chi connectivity index (χ1v) is 5.85. The summed E-state index contributed by atoms with van der Waals surface area (Å²) in [6.07, 6.45) is 0.437. The van der Waals surface area contributed by atoms with Crippen LogP contribution in [-0.2, 0) is 20.7 Å². The van der Waals surface area contributed by atoms with Gasteiger partial charge in [-0.1, -0.05) is 30.0 Å². The van der Waals surface area contributed by atoms with Crippen LogP contribution in [0.1, 0.15) is 31.4 Å². The van der Waals surface area contributed by atoms with Crippen molar-refractivity contribution in [1.82, 2.24) is 0 Å². The van der Waals surface area contributed by atoms with Gasteiger partial charge in [-0.25, -0.2) is 0 Å². The summed E-state index contributed by atoms with van der Waals surface area (Å²) in [6.45, 7) is 3.66. The second-order valence-corrected chi connectivity index (χ2v) is 3.82. The van der Waals surface area contributed by atoms with Gasteiger partial charge in [-0.15, -0.1) is 0 Å². The molecule has 0 atom stereocenters. The molecule has 1 aromatic rings. The average Bonchev–Trinajstić information content (AvgIpc) is 2.31. The fraction of sp³-hybridized carbons (Fsp3) is 0.333. The lowest BCUT2D eigenvalue weighted by Gasteiger charge is -2.01. The highest BCUT2D eigenvalue weighted by Crippen LogP contribution is 2.08. The van der Waals surface area contributed by atoms with Crippen LogP contribution in [0.3, 0.4) is 0 Å². The molecule has 0 radical (unpaired) electrons. The van der Waals surface area contributed by atoms with E-state index in [1.54, 1.807) is 13.8 Å². The SMILES string of the molecule is CCOC(=O)CC#Cc1ccccc1CC(C)=O. The highest BCUT2D eigenvalue weighted by Gasteiger charge is 2.02. The van der Waals surface area contributed by atoms with Crippen molar-refractivity contribution < 1.29 is 14.3 Å². The molecule has 3 nitrogen and oxygen atoms in total. The minimum Gasteiger partial charge on any atom is -0.465 e. The van der Waals surface area contributed by atoms with Gasteiger partial charge in [-0.05, 0) is 25.5 Å². The van der Waals surface area contributed by atoms with E-state index in [0.717, 1.165) is 11.1 Å². The molecule has 3 heteroatoms. The van der Waals surface area contributed by atoms with Crippen molar-refractivity contribution in [2.75, 3.05) is 6.61 Å². The molecular weight excluding hydrogens is 228 g/mol. The van der Waals surface area contributed by atoms with Gasteiger partial charge < -0.3 is 4.74 Å². The minimum atomic E-state index is -0.325. The summed E-state index contributed by atoms with van der Waals surface area (Å²) >= 11 is 0. The van der Waals surface area contributed by atoms with Crippen molar-refractivity contribution in [3.8, 4) is 11.8 Å². The van der Waals surface area contributed by atoms with Gasteiger partial charge in [0.2, 0.25) is 0 Å². The van der Waals surface area contributed by atoms with Gasteiger partial charge in [0, 0.05) is 12.0 Å². The lowest BCUT2D eigenvalue weighted by atomic mass is 10.0. The molecule has 0 N–H and O–H groups in total. The molecule has 94 valence electrons. The molecule has 0 bridgehead atoms. The second-order valence-electron chi connectivity index (χ2n) is 3.82. The first-order chi connectivity index (χ1) is 8.63. The molecule has 0 aliphatic carbocycles. The Morgan fingerprint density at radius 2 is 2.00 bits per heavy atom. The van der Waals surface area contributed by atoms with Crippen molar-refractivity contribution in [3.63, 3.8) is 0 Å². The highest BCUT2D eigenvalue weighted by atomic mass is 16.5. The molecule has 0 spiro atoms. The molecule has 0 aliphatic heterocycles. The van der Waals surface area contributed by atoms with Crippen LogP contribution in [-0.4, -0.2) is 18.4 Å². The van der Waals surface area contributed by atoms with Crippen LogP contribution in [0.5, 0.6) is 0 Å². The maximum absolute atomic E-state index is 11.1. The van der Waals surface area contributed by atoms with Crippen LogP contribution in [0.15, 0.2) is 24.3 Å². The van der Waals surface area contributed by atoms with Crippen molar-refractivity contribution in [3.05, 3.63) is 35.4 Å². The summed E-state index contributed by atoms with van der Waals surface area (Å²) in [4.78, 5) is 22.2. The van der Waals surface area contributed by atoms with Crippen LogP contribution in [0.4, 0.5) is 0 Å². The van der Waals surface area contributed by atoms with Crippen LogP contribution < -0.4 is 0 Å². The van der Waals surface area contributed by atoms with Crippen molar-refractivity contribution in [1.29, 1.82) is 0 Å². The van der Waals surface area contributed by atoms with Crippen molar-refractivity contribution in [2.45, 2.75) is 26.7 Å². The van der Waals surface area contributed by atoms with Gasteiger partial charge >= 0.3 is 5.97 Å². The van der Waals surface area contributed by atoms with Gasteiger partial charge in [0.05, 0.1) is 6.61 Å². The molecule has 18 heavy (non-hydrogen) atoms. The molecule has 0 saturated carbocycles. The maximum atomic E-state index is 11.1. The highest BCUT2D eigenvalue weighted by molar-refractivity contribution is 5.79. The van der Waals surface area contributed by atoms with E-state index in [1.807, 2.05) is 24.3 Å². The molecule has 0 fully saturated rings. The predicted molar refractivity (Wildman–Crippen MR) is 69.0 cm³/mol. The van der Waals surface area contributed by atoms with Crippen LogP contribution in [0, 0.1) is 11.8 Å². The summed E-state index contributed by atoms with van der Waals surface area (Å²) in [6, 6.07) is 7.44. The Labute approximate surface area is 107 Å². The minimum absolute atomic E-state index is 0.0717. The van der Waals surface area contributed by atoms with E-state index in [9.17, 15) is 9.59 Å². The summed E-state index contributed by atoms with van der Waals surface area (Å²) in [5.74, 6) is 5.44. The second kappa shape index (κ2) is 7.29. The maximum Gasteiger partial charge on any atom is 0.317 e. The Balaban J connectivity index is 2.75. The lowest BCUT2D eigenvalue weighted by Crippen LogP contribution is -2.02. The predicted octanol–water partition coefficient (Wildman–Crippen LogP) is 2.12. The first kappa shape index (κ1) is 14.0. The number of hydrogen-bond donors (Lipinski definition) is 0. The molecule has 0 unspecified atom stereocenters. The van der Waals surface area contributed by atoms with Gasteiger partial charge in [-0.2, -0.15) is 0 Å². The number of Topliss-reactive ketones (excluding diaryl/α,β-unsaturated/α-hetero) is 1. The van der Waals surface area contributed by atoms with Gasteiger partial charge in [0.1, 0.15) is 12.2 Å². The molecular formula is C15H16O3. The summed E-state index contributed by atoms with van der Waals surface area (Å²) in [5.41, 5.74) is 1.68. The largest absolute Gasteiger partial charge is 0.465 e. The van der Waals surface area contributed by atoms with Gasteiger partial charge in [-0.3, -0.25) is 9.59 Å². The third-order valence-corrected chi connectivity index (χ3v) is 2.22. The first-order valence-electron chi connectivity index (χ1n) is 5.85.